The van der Waals surface area contributed by atoms with Crippen molar-refractivity contribution in [2.24, 2.45) is 0 Å². The molecular weight excluding hydrogens is 105 g/mol. The fourth-order valence-corrected chi connectivity index (χ4v) is 0.162. The summed E-state index contributed by atoms with van der Waals surface area (Å²) in [4.78, 5) is 0. The summed E-state index contributed by atoms with van der Waals surface area (Å²) < 4.78 is 0. The molecule has 0 unspecified atom stereocenters. The Hall–Kier alpha value is -0.130. The molecular formula is CH2N5Na. The van der Waals surface area contributed by atoms with Crippen LogP contribution < -0.4 is 29.6 Å². The molecule has 0 aromatic carbocycles. The van der Waals surface area contributed by atoms with Crippen molar-refractivity contribution in [3.8, 4) is 0 Å². The van der Waals surface area contributed by atoms with Crippen LogP contribution in [0.25, 0.3) is 5.73 Å². The minimum absolute atomic E-state index is 0. The fourth-order valence-electron chi connectivity index (χ4n) is 0.162. The predicted molar refractivity (Wildman–Crippen MR) is 18.2 cm³/mol. The second kappa shape index (κ2) is 2.95. The van der Waals surface area contributed by atoms with Crippen LogP contribution in [0.4, 0.5) is 5.95 Å². The summed E-state index contributed by atoms with van der Waals surface area (Å²) in [6, 6.07) is 0. The van der Waals surface area contributed by atoms with E-state index in [9.17, 15) is 0 Å². The average Bonchev–Trinajstić information content (AvgIpc) is 1.86. The van der Waals surface area contributed by atoms with E-state index in [1.807, 2.05) is 0 Å². The van der Waals surface area contributed by atoms with E-state index in [2.05, 4.69) is 20.6 Å². The molecule has 0 amide bonds. The van der Waals surface area contributed by atoms with E-state index in [-0.39, 0.29) is 35.5 Å². The molecule has 0 spiro atoms. The Bertz CT molecular complexity index is 112. The molecule has 6 heteroatoms. The molecule has 0 atom stereocenters. The Balaban J connectivity index is 0.000000360. The van der Waals surface area contributed by atoms with Crippen LogP contribution in [0.3, 0.4) is 0 Å². The molecule has 0 aliphatic rings. The van der Waals surface area contributed by atoms with Gasteiger partial charge in [0.15, 0.2) is 0 Å². The molecule has 0 radical (unpaired) electrons. The Morgan fingerprint density at radius 2 is 2.29 bits per heavy atom. The number of aromatic nitrogens is 4. The van der Waals surface area contributed by atoms with Gasteiger partial charge in [0.05, 0.1) is 5.95 Å². The van der Waals surface area contributed by atoms with E-state index < -0.39 is 0 Å². The molecule has 2 N–H and O–H groups in total. The average molecular weight is 107 g/mol. The van der Waals surface area contributed by atoms with Gasteiger partial charge in [-0.2, -0.15) is 0 Å². The minimum Gasteiger partial charge on any atom is -0.408 e. The standard InChI is InChI=1S/CH2N5.Na/c2-1-3-5-6-4-1;/h(H2-,2,3,4,5,6);/q-1;+1. The molecule has 0 saturated carbocycles. The van der Waals surface area contributed by atoms with Gasteiger partial charge in [0.2, 0.25) is 0 Å². The molecule has 32 valence electrons. The molecule has 7 heavy (non-hydrogen) atoms. The summed E-state index contributed by atoms with van der Waals surface area (Å²) in [6.07, 6.45) is 0. The predicted octanol–water partition coefficient (Wildman–Crippen LogP) is -3.11. The quantitative estimate of drug-likeness (QED) is 0.356. The van der Waals surface area contributed by atoms with Crippen molar-refractivity contribution in [1.82, 2.24) is 20.6 Å². The number of H-pyrrole nitrogens is 1. The molecule has 0 saturated heterocycles. The molecule has 0 aliphatic heterocycles. The van der Waals surface area contributed by atoms with Crippen molar-refractivity contribution < 1.29 is 29.6 Å². The van der Waals surface area contributed by atoms with Crippen molar-refractivity contribution in [2.45, 2.75) is 0 Å². The van der Waals surface area contributed by atoms with Crippen LogP contribution in [0.15, 0.2) is 0 Å². The van der Waals surface area contributed by atoms with E-state index in [0.29, 0.717) is 0 Å². The minimum atomic E-state index is -0.0741. The third-order valence-electron chi connectivity index (χ3n) is 0.345. The first-order valence-electron chi connectivity index (χ1n) is 1.34. The monoisotopic (exact) mass is 107 g/mol. The van der Waals surface area contributed by atoms with Crippen LogP contribution in [0, 0.1) is 0 Å². The SMILES string of the molecule is [NH-]c1nn[nH]n1.[Na+]. The number of nitrogens with zero attached hydrogens (tertiary/aromatic N) is 3. The van der Waals surface area contributed by atoms with Crippen molar-refractivity contribution in [1.29, 1.82) is 0 Å². The molecule has 0 bridgehead atoms. The molecule has 1 heterocycles. The van der Waals surface area contributed by atoms with Gasteiger partial charge in [0.1, 0.15) is 0 Å². The maximum absolute atomic E-state index is 6.56. The van der Waals surface area contributed by atoms with Crippen molar-refractivity contribution in [2.75, 3.05) is 0 Å². The Labute approximate surface area is 62.0 Å². The molecule has 1 aromatic heterocycles. The normalized spacial score (nSPS) is 7.43. The summed E-state index contributed by atoms with van der Waals surface area (Å²) >= 11 is 0. The van der Waals surface area contributed by atoms with E-state index >= 15 is 0 Å². The molecule has 0 aliphatic carbocycles. The van der Waals surface area contributed by atoms with Gasteiger partial charge < -0.3 is 5.73 Å². The summed E-state index contributed by atoms with van der Waals surface area (Å²) in [5.74, 6) is -0.0741. The van der Waals surface area contributed by atoms with Gasteiger partial charge in [-0.1, -0.05) is 0 Å². The number of aromatic amines is 1. The maximum atomic E-state index is 6.56. The third-order valence-corrected chi connectivity index (χ3v) is 0.345. The van der Waals surface area contributed by atoms with Crippen LogP contribution in [0.5, 0.6) is 0 Å². The van der Waals surface area contributed by atoms with Crippen LogP contribution in [0.1, 0.15) is 0 Å². The molecule has 1 aromatic rings. The van der Waals surface area contributed by atoms with Gasteiger partial charge in [-0.15, -0.1) is 5.21 Å². The van der Waals surface area contributed by atoms with Gasteiger partial charge in [0, 0.05) is 0 Å². The Morgan fingerprint density at radius 3 is 2.43 bits per heavy atom. The summed E-state index contributed by atoms with van der Waals surface area (Å²) in [7, 11) is 0. The van der Waals surface area contributed by atoms with Gasteiger partial charge >= 0.3 is 29.6 Å². The molecule has 1 rings (SSSR count). The second-order valence-electron chi connectivity index (χ2n) is 0.735. The number of hydrogen-bond donors (Lipinski definition) is 1. The smallest absolute Gasteiger partial charge is 0.408 e. The first-order valence-corrected chi connectivity index (χ1v) is 1.34. The third kappa shape index (κ3) is 1.86. The fraction of sp³-hybridized carbons (Fsp3) is 0. The molecule has 0 fully saturated rings. The zero-order valence-electron chi connectivity index (χ0n) is 3.84. The van der Waals surface area contributed by atoms with Crippen molar-refractivity contribution in [3.05, 3.63) is 5.73 Å². The number of hydrogen-bond acceptors (Lipinski definition) is 3. The Morgan fingerprint density at radius 1 is 1.57 bits per heavy atom. The Kier molecular flexibility index (Phi) is 2.89. The second-order valence-corrected chi connectivity index (χ2v) is 0.735. The van der Waals surface area contributed by atoms with Gasteiger partial charge in [-0.25, -0.2) is 0 Å². The topological polar surface area (TPSA) is 78.3 Å². The van der Waals surface area contributed by atoms with Crippen LogP contribution in [-0.2, 0) is 0 Å². The van der Waals surface area contributed by atoms with Gasteiger partial charge in [-0.3, -0.25) is 15.4 Å². The summed E-state index contributed by atoms with van der Waals surface area (Å²) in [5.41, 5.74) is 6.56. The summed E-state index contributed by atoms with van der Waals surface area (Å²) in [5, 5.41) is 11.7. The first kappa shape index (κ1) is 6.87. The largest absolute Gasteiger partial charge is 1.00 e. The van der Waals surface area contributed by atoms with Gasteiger partial charge in [0.25, 0.3) is 0 Å². The molecule has 5 nitrogen and oxygen atoms in total. The number of nitrogens with one attached hydrogen (secondary N) is 2. The summed E-state index contributed by atoms with van der Waals surface area (Å²) in [6.45, 7) is 0. The first-order chi connectivity index (χ1) is 2.89. The van der Waals surface area contributed by atoms with E-state index in [0.717, 1.165) is 0 Å². The van der Waals surface area contributed by atoms with Gasteiger partial charge in [-0.05, 0) is 0 Å². The van der Waals surface area contributed by atoms with Crippen LogP contribution in [-0.4, -0.2) is 20.6 Å². The van der Waals surface area contributed by atoms with E-state index in [1.54, 1.807) is 0 Å². The number of tetrazole rings is 1. The van der Waals surface area contributed by atoms with Crippen molar-refractivity contribution >= 4 is 5.95 Å². The van der Waals surface area contributed by atoms with Crippen molar-refractivity contribution in [3.63, 3.8) is 0 Å². The van der Waals surface area contributed by atoms with Crippen LogP contribution >= 0.6 is 0 Å². The van der Waals surface area contributed by atoms with E-state index in [1.165, 1.54) is 0 Å². The zero-order chi connectivity index (χ0) is 4.41. The van der Waals surface area contributed by atoms with Crippen LogP contribution in [0.2, 0.25) is 0 Å². The number of rotatable bonds is 0. The zero-order valence-corrected chi connectivity index (χ0v) is 5.84. The van der Waals surface area contributed by atoms with E-state index in [4.69, 9.17) is 5.73 Å². The maximum Gasteiger partial charge on any atom is 1.00 e.